The van der Waals surface area contributed by atoms with Crippen molar-refractivity contribution in [1.82, 2.24) is 0 Å². The fourth-order valence-corrected chi connectivity index (χ4v) is 2.30. The molecule has 116 valence electrons. The summed E-state index contributed by atoms with van der Waals surface area (Å²) in [6.07, 6.45) is 0. The molecule has 0 saturated carbocycles. The molecule has 5 heteroatoms. The molecule has 0 unspecified atom stereocenters. The average Bonchev–Trinajstić information content (AvgIpc) is 2.46. The van der Waals surface area contributed by atoms with Crippen LogP contribution in [-0.4, -0.2) is 11.5 Å². The second-order valence-electron chi connectivity index (χ2n) is 5.43. The van der Waals surface area contributed by atoms with Crippen molar-refractivity contribution in [3.05, 3.63) is 57.5 Å². The quantitative estimate of drug-likeness (QED) is 0.788. The lowest BCUT2D eigenvalue weighted by molar-refractivity contribution is -0.128. The number of rotatable bonds is 4. The maximum atomic E-state index is 12.5. The zero-order valence-corrected chi connectivity index (χ0v) is 15.0. The lowest BCUT2D eigenvalue weighted by atomic mass is 10.1. The highest BCUT2D eigenvalue weighted by molar-refractivity contribution is 9.10. The van der Waals surface area contributed by atoms with Crippen LogP contribution >= 0.6 is 27.5 Å². The molecule has 0 atom stereocenters. The standard InChI is InChI=1S/C17H17BrClNO2/c1-11-14(19)5-4-6-15(11)20-16(21)17(2,3)22-13-9-7-12(18)8-10-13/h4-10H,1-3H3,(H,20,21). The summed E-state index contributed by atoms with van der Waals surface area (Å²) < 4.78 is 6.75. The van der Waals surface area contributed by atoms with Crippen LogP contribution < -0.4 is 10.1 Å². The summed E-state index contributed by atoms with van der Waals surface area (Å²) >= 11 is 9.43. The number of benzene rings is 2. The van der Waals surface area contributed by atoms with Gasteiger partial charge < -0.3 is 10.1 Å². The topological polar surface area (TPSA) is 38.3 Å². The third-order valence-corrected chi connectivity index (χ3v) is 4.19. The first-order chi connectivity index (χ1) is 10.3. The van der Waals surface area contributed by atoms with Gasteiger partial charge in [-0.3, -0.25) is 4.79 Å². The number of ether oxygens (including phenoxy) is 1. The highest BCUT2D eigenvalue weighted by Gasteiger charge is 2.30. The van der Waals surface area contributed by atoms with E-state index in [1.165, 1.54) is 0 Å². The maximum absolute atomic E-state index is 12.5. The molecule has 0 aromatic heterocycles. The van der Waals surface area contributed by atoms with Crippen molar-refractivity contribution in [1.29, 1.82) is 0 Å². The van der Waals surface area contributed by atoms with Gasteiger partial charge in [-0.2, -0.15) is 0 Å². The van der Waals surface area contributed by atoms with Crippen molar-refractivity contribution < 1.29 is 9.53 Å². The van der Waals surface area contributed by atoms with E-state index < -0.39 is 5.60 Å². The molecule has 0 spiro atoms. The van der Waals surface area contributed by atoms with Crippen LogP contribution in [0.2, 0.25) is 5.02 Å². The molecule has 3 nitrogen and oxygen atoms in total. The van der Waals surface area contributed by atoms with E-state index in [9.17, 15) is 4.79 Å². The molecule has 1 N–H and O–H groups in total. The van der Waals surface area contributed by atoms with Crippen LogP contribution in [0.25, 0.3) is 0 Å². The molecule has 2 aromatic carbocycles. The zero-order valence-electron chi connectivity index (χ0n) is 12.6. The van der Waals surface area contributed by atoms with Gasteiger partial charge in [0.1, 0.15) is 5.75 Å². The number of hydrogen-bond donors (Lipinski definition) is 1. The van der Waals surface area contributed by atoms with Gasteiger partial charge in [0, 0.05) is 15.2 Å². The van der Waals surface area contributed by atoms with Crippen LogP contribution in [-0.2, 0) is 4.79 Å². The predicted molar refractivity (Wildman–Crippen MR) is 93.7 cm³/mol. The van der Waals surface area contributed by atoms with E-state index in [2.05, 4.69) is 21.2 Å². The Labute approximate surface area is 143 Å². The fourth-order valence-electron chi connectivity index (χ4n) is 1.86. The minimum Gasteiger partial charge on any atom is -0.478 e. The van der Waals surface area contributed by atoms with Crippen molar-refractivity contribution in [3.8, 4) is 5.75 Å². The Morgan fingerprint density at radius 1 is 1.18 bits per heavy atom. The van der Waals surface area contributed by atoms with Gasteiger partial charge in [-0.1, -0.05) is 33.6 Å². The van der Waals surface area contributed by atoms with E-state index >= 15 is 0 Å². The van der Waals surface area contributed by atoms with Crippen molar-refractivity contribution >= 4 is 39.1 Å². The number of hydrogen-bond acceptors (Lipinski definition) is 2. The Hall–Kier alpha value is -1.52. The highest BCUT2D eigenvalue weighted by atomic mass is 79.9. The van der Waals surface area contributed by atoms with E-state index in [4.69, 9.17) is 16.3 Å². The lowest BCUT2D eigenvalue weighted by Gasteiger charge is -2.26. The van der Waals surface area contributed by atoms with Gasteiger partial charge in [0.15, 0.2) is 5.60 Å². The highest BCUT2D eigenvalue weighted by Crippen LogP contribution is 2.26. The van der Waals surface area contributed by atoms with Crippen LogP contribution in [0.4, 0.5) is 5.69 Å². The zero-order chi connectivity index (χ0) is 16.3. The van der Waals surface area contributed by atoms with Gasteiger partial charge in [-0.05, 0) is 62.7 Å². The fraction of sp³-hybridized carbons (Fsp3) is 0.235. The maximum Gasteiger partial charge on any atom is 0.267 e. The van der Waals surface area contributed by atoms with Gasteiger partial charge >= 0.3 is 0 Å². The molecule has 0 fully saturated rings. The molecular formula is C17H17BrClNO2. The minimum absolute atomic E-state index is 0.235. The van der Waals surface area contributed by atoms with E-state index in [-0.39, 0.29) is 5.91 Å². The third-order valence-electron chi connectivity index (χ3n) is 3.25. The average molecular weight is 383 g/mol. The molecule has 0 aliphatic rings. The van der Waals surface area contributed by atoms with Crippen LogP contribution in [0, 0.1) is 6.92 Å². The van der Waals surface area contributed by atoms with Gasteiger partial charge in [-0.15, -0.1) is 0 Å². The molecule has 0 aliphatic carbocycles. The van der Waals surface area contributed by atoms with E-state index in [1.807, 2.05) is 37.3 Å². The molecule has 1 amide bonds. The van der Waals surface area contributed by atoms with Crippen LogP contribution in [0.5, 0.6) is 5.75 Å². The number of halogens is 2. The molecule has 0 heterocycles. The van der Waals surface area contributed by atoms with Crippen molar-refractivity contribution in [2.45, 2.75) is 26.4 Å². The second-order valence-corrected chi connectivity index (χ2v) is 6.76. The smallest absolute Gasteiger partial charge is 0.267 e. The van der Waals surface area contributed by atoms with Gasteiger partial charge in [-0.25, -0.2) is 0 Å². The molecule has 0 bridgehead atoms. The van der Waals surface area contributed by atoms with Crippen LogP contribution in [0.15, 0.2) is 46.9 Å². The SMILES string of the molecule is Cc1c(Cl)cccc1NC(=O)C(C)(C)Oc1ccc(Br)cc1. The van der Waals surface area contributed by atoms with Gasteiger partial charge in [0.25, 0.3) is 5.91 Å². The van der Waals surface area contributed by atoms with E-state index in [0.717, 1.165) is 10.0 Å². The summed E-state index contributed by atoms with van der Waals surface area (Å²) in [5, 5.41) is 3.48. The Bertz CT molecular complexity index is 684. The molecular weight excluding hydrogens is 366 g/mol. The summed E-state index contributed by atoms with van der Waals surface area (Å²) in [5.41, 5.74) is 0.504. The minimum atomic E-state index is -1.01. The summed E-state index contributed by atoms with van der Waals surface area (Å²) in [7, 11) is 0. The molecule has 22 heavy (non-hydrogen) atoms. The van der Waals surface area contributed by atoms with Crippen LogP contribution in [0.3, 0.4) is 0 Å². The molecule has 2 aromatic rings. The lowest BCUT2D eigenvalue weighted by Crippen LogP contribution is -2.42. The number of amides is 1. The second kappa shape index (κ2) is 6.71. The Morgan fingerprint density at radius 3 is 2.45 bits per heavy atom. The molecule has 0 radical (unpaired) electrons. The third kappa shape index (κ3) is 4.02. The molecule has 0 aliphatic heterocycles. The molecule has 2 rings (SSSR count). The molecule has 0 saturated heterocycles. The monoisotopic (exact) mass is 381 g/mol. The van der Waals surface area contributed by atoms with Crippen molar-refractivity contribution in [2.24, 2.45) is 0 Å². The van der Waals surface area contributed by atoms with Crippen molar-refractivity contribution in [2.75, 3.05) is 5.32 Å². The van der Waals surface area contributed by atoms with Gasteiger partial charge in [0.2, 0.25) is 0 Å². The Kier molecular flexibility index (Phi) is 5.14. The normalized spacial score (nSPS) is 11.1. The van der Waals surface area contributed by atoms with Crippen molar-refractivity contribution in [3.63, 3.8) is 0 Å². The largest absolute Gasteiger partial charge is 0.478 e. The number of anilines is 1. The number of nitrogens with one attached hydrogen (secondary N) is 1. The number of carbonyl (C=O) groups excluding carboxylic acids is 1. The summed E-state index contributed by atoms with van der Waals surface area (Å²) in [6, 6.07) is 12.8. The van der Waals surface area contributed by atoms with E-state index in [0.29, 0.717) is 16.5 Å². The number of carbonyl (C=O) groups is 1. The van der Waals surface area contributed by atoms with Gasteiger partial charge in [0.05, 0.1) is 0 Å². The Morgan fingerprint density at radius 2 is 1.82 bits per heavy atom. The summed E-state index contributed by atoms with van der Waals surface area (Å²) in [4.78, 5) is 12.5. The van der Waals surface area contributed by atoms with E-state index in [1.54, 1.807) is 26.0 Å². The summed E-state index contributed by atoms with van der Waals surface area (Å²) in [6.45, 7) is 5.31. The Balaban J connectivity index is 2.13. The first-order valence-corrected chi connectivity index (χ1v) is 7.98. The summed E-state index contributed by atoms with van der Waals surface area (Å²) in [5.74, 6) is 0.395. The predicted octanol–water partition coefficient (Wildman–Crippen LogP) is 5.21. The first-order valence-electron chi connectivity index (χ1n) is 6.81. The first kappa shape index (κ1) is 16.8. The van der Waals surface area contributed by atoms with Crippen LogP contribution in [0.1, 0.15) is 19.4 Å².